The molecule has 0 aromatic carbocycles. The molecule has 1 aliphatic rings. The minimum atomic E-state index is -3.04. The average Bonchev–Trinajstić information content (AvgIpc) is 2.48. The molecular formula is C13H21N3O2S2. The van der Waals surface area contributed by atoms with Gasteiger partial charge in [0.15, 0.2) is 9.84 Å². The quantitative estimate of drug-likeness (QED) is 0.868. The first-order valence-corrected chi connectivity index (χ1v) is 9.61. The molecule has 1 aromatic heterocycles. The highest BCUT2D eigenvalue weighted by Crippen LogP contribution is 2.23. The predicted molar refractivity (Wildman–Crippen MR) is 83.1 cm³/mol. The molecule has 1 aliphatic heterocycles. The third kappa shape index (κ3) is 3.72. The lowest BCUT2D eigenvalue weighted by Crippen LogP contribution is -2.47. The fourth-order valence-electron chi connectivity index (χ4n) is 2.29. The Morgan fingerprint density at radius 2 is 2.35 bits per heavy atom. The zero-order chi connectivity index (χ0) is 14.6. The summed E-state index contributed by atoms with van der Waals surface area (Å²) in [7, 11) is -3.04. The number of hydrogen-bond acceptors (Lipinski definition) is 6. The molecule has 1 aromatic rings. The maximum Gasteiger partial charge on any atom is 0.166 e. The van der Waals surface area contributed by atoms with E-state index in [1.807, 2.05) is 12.1 Å². The number of rotatable bonds is 5. The van der Waals surface area contributed by atoms with Gasteiger partial charge in [-0.1, -0.05) is 6.92 Å². The molecule has 0 aliphatic carbocycles. The van der Waals surface area contributed by atoms with E-state index in [-0.39, 0.29) is 11.1 Å². The van der Waals surface area contributed by atoms with Crippen LogP contribution in [0.1, 0.15) is 18.2 Å². The number of pyridine rings is 1. The van der Waals surface area contributed by atoms with Gasteiger partial charge in [0.2, 0.25) is 0 Å². The standard InChI is InChI=1S/C13H21N3O2S2/c1-2-20(17,18)13-10-19-6-5-16(13)9-11-3-4-15-12(7-11)8-14/h3-4,7,13H,2,5-6,8-10,14H2,1H3. The van der Waals surface area contributed by atoms with Crippen molar-refractivity contribution < 1.29 is 8.42 Å². The maximum atomic E-state index is 12.2. The minimum Gasteiger partial charge on any atom is -0.325 e. The first-order chi connectivity index (χ1) is 9.56. The number of thioether (sulfide) groups is 1. The zero-order valence-corrected chi connectivity index (χ0v) is 13.3. The zero-order valence-electron chi connectivity index (χ0n) is 11.7. The summed E-state index contributed by atoms with van der Waals surface area (Å²) in [5.41, 5.74) is 7.50. The van der Waals surface area contributed by atoms with E-state index < -0.39 is 9.84 Å². The van der Waals surface area contributed by atoms with Crippen LogP contribution >= 0.6 is 11.8 Å². The second kappa shape index (κ2) is 6.89. The first-order valence-electron chi connectivity index (χ1n) is 6.74. The van der Waals surface area contributed by atoms with Crippen LogP contribution in [0.15, 0.2) is 18.3 Å². The van der Waals surface area contributed by atoms with Gasteiger partial charge in [-0.25, -0.2) is 8.42 Å². The van der Waals surface area contributed by atoms with Gasteiger partial charge in [-0.2, -0.15) is 11.8 Å². The molecule has 2 rings (SSSR count). The van der Waals surface area contributed by atoms with Crippen LogP contribution in [0.3, 0.4) is 0 Å². The van der Waals surface area contributed by atoms with Crippen molar-refractivity contribution in [2.75, 3.05) is 23.8 Å². The van der Waals surface area contributed by atoms with E-state index in [9.17, 15) is 8.42 Å². The fraction of sp³-hybridized carbons (Fsp3) is 0.615. The van der Waals surface area contributed by atoms with E-state index >= 15 is 0 Å². The van der Waals surface area contributed by atoms with Gasteiger partial charge >= 0.3 is 0 Å². The molecule has 0 spiro atoms. The Hall–Kier alpha value is -0.630. The summed E-state index contributed by atoms with van der Waals surface area (Å²) in [5, 5.41) is -0.374. The average molecular weight is 315 g/mol. The topological polar surface area (TPSA) is 76.3 Å². The molecular weight excluding hydrogens is 294 g/mol. The molecule has 2 N–H and O–H groups in total. The molecule has 1 unspecified atom stereocenters. The van der Waals surface area contributed by atoms with E-state index in [1.165, 1.54) is 0 Å². The highest BCUT2D eigenvalue weighted by Gasteiger charge is 2.32. The van der Waals surface area contributed by atoms with Crippen molar-refractivity contribution in [1.29, 1.82) is 0 Å². The lowest BCUT2D eigenvalue weighted by atomic mass is 10.2. The van der Waals surface area contributed by atoms with E-state index in [0.29, 0.717) is 18.8 Å². The number of nitrogens with two attached hydrogens (primary N) is 1. The summed E-state index contributed by atoms with van der Waals surface area (Å²) < 4.78 is 24.4. The van der Waals surface area contributed by atoms with Gasteiger partial charge in [0.25, 0.3) is 0 Å². The van der Waals surface area contributed by atoms with Crippen molar-refractivity contribution in [1.82, 2.24) is 9.88 Å². The molecule has 1 saturated heterocycles. The van der Waals surface area contributed by atoms with Crippen molar-refractivity contribution in [3.05, 3.63) is 29.6 Å². The lowest BCUT2D eigenvalue weighted by Gasteiger charge is -2.34. The van der Waals surface area contributed by atoms with E-state index in [1.54, 1.807) is 24.9 Å². The molecule has 7 heteroatoms. The van der Waals surface area contributed by atoms with Crippen LogP contribution in [0, 0.1) is 0 Å². The van der Waals surface area contributed by atoms with Gasteiger partial charge in [-0.15, -0.1) is 0 Å². The molecule has 0 saturated carbocycles. The number of sulfone groups is 1. The first kappa shape index (κ1) is 15.8. The van der Waals surface area contributed by atoms with Crippen LogP contribution in [-0.4, -0.2) is 47.5 Å². The van der Waals surface area contributed by atoms with E-state index in [0.717, 1.165) is 23.6 Å². The molecule has 0 bridgehead atoms. The summed E-state index contributed by atoms with van der Waals surface area (Å²) in [6.07, 6.45) is 1.74. The predicted octanol–water partition coefficient (Wildman–Crippen LogP) is 0.850. The fourth-order valence-corrected chi connectivity index (χ4v) is 5.37. The smallest absolute Gasteiger partial charge is 0.166 e. The van der Waals surface area contributed by atoms with Crippen molar-refractivity contribution in [3.63, 3.8) is 0 Å². The summed E-state index contributed by atoms with van der Waals surface area (Å²) in [6.45, 7) is 3.56. The molecule has 1 fully saturated rings. The van der Waals surface area contributed by atoms with Crippen LogP contribution in [-0.2, 0) is 22.9 Å². The van der Waals surface area contributed by atoms with Crippen LogP contribution in [0.5, 0.6) is 0 Å². The van der Waals surface area contributed by atoms with Crippen LogP contribution in [0.4, 0.5) is 0 Å². The van der Waals surface area contributed by atoms with Crippen molar-refractivity contribution in [2.24, 2.45) is 5.73 Å². The Morgan fingerprint density at radius 3 is 3.05 bits per heavy atom. The normalized spacial score (nSPS) is 21.0. The van der Waals surface area contributed by atoms with Crippen molar-refractivity contribution in [3.8, 4) is 0 Å². The van der Waals surface area contributed by atoms with Gasteiger partial charge in [0.1, 0.15) is 5.37 Å². The van der Waals surface area contributed by atoms with E-state index in [4.69, 9.17) is 5.73 Å². The summed E-state index contributed by atoms with van der Waals surface area (Å²) in [5.74, 6) is 1.83. The second-order valence-electron chi connectivity index (χ2n) is 4.81. The molecule has 2 heterocycles. The van der Waals surface area contributed by atoms with E-state index in [2.05, 4.69) is 9.88 Å². The van der Waals surface area contributed by atoms with Gasteiger partial charge in [0.05, 0.1) is 5.69 Å². The molecule has 0 radical (unpaired) electrons. The Labute approximate surface area is 124 Å². The second-order valence-corrected chi connectivity index (χ2v) is 8.41. The Morgan fingerprint density at radius 1 is 1.55 bits per heavy atom. The molecule has 1 atom stereocenters. The lowest BCUT2D eigenvalue weighted by molar-refractivity contribution is 0.261. The van der Waals surface area contributed by atoms with Gasteiger partial charge in [-0.05, 0) is 17.7 Å². The van der Waals surface area contributed by atoms with Crippen LogP contribution in [0.25, 0.3) is 0 Å². The molecule has 112 valence electrons. The molecule has 20 heavy (non-hydrogen) atoms. The Balaban J connectivity index is 2.16. The number of hydrogen-bond donors (Lipinski definition) is 1. The molecule has 5 nitrogen and oxygen atoms in total. The van der Waals surface area contributed by atoms with Crippen LogP contribution < -0.4 is 5.73 Å². The third-order valence-corrected chi connectivity index (χ3v) is 6.82. The number of aromatic nitrogens is 1. The Kier molecular flexibility index (Phi) is 5.42. The van der Waals surface area contributed by atoms with Crippen molar-refractivity contribution in [2.45, 2.75) is 25.4 Å². The molecule has 0 amide bonds. The minimum absolute atomic E-state index is 0.194. The van der Waals surface area contributed by atoms with Gasteiger partial charge in [-0.3, -0.25) is 9.88 Å². The van der Waals surface area contributed by atoms with Gasteiger partial charge < -0.3 is 5.73 Å². The number of nitrogens with zero attached hydrogens (tertiary/aromatic N) is 2. The van der Waals surface area contributed by atoms with Crippen molar-refractivity contribution >= 4 is 21.6 Å². The highest BCUT2D eigenvalue weighted by molar-refractivity contribution is 8.01. The monoisotopic (exact) mass is 315 g/mol. The summed E-state index contributed by atoms with van der Waals surface area (Å²) in [6, 6.07) is 3.88. The van der Waals surface area contributed by atoms with Gasteiger partial charge in [0, 0.05) is 43.1 Å². The summed E-state index contributed by atoms with van der Waals surface area (Å²) >= 11 is 1.71. The maximum absolute atomic E-state index is 12.2. The largest absolute Gasteiger partial charge is 0.325 e. The highest BCUT2D eigenvalue weighted by atomic mass is 32.2. The Bertz CT molecular complexity index is 548. The van der Waals surface area contributed by atoms with Crippen LogP contribution in [0.2, 0.25) is 0 Å². The third-order valence-electron chi connectivity index (χ3n) is 3.48. The summed E-state index contributed by atoms with van der Waals surface area (Å²) in [4.78, 5) is 6.23. The SMILES string of the molecule is CCS(=O)(=O)C1CSCCN1Cc1ccnc(CN)c1.